The van der Waals surface area contributed by atoms with Crippen LogP contribution in [-0.4, -0.2) is 32.1 Å². The van der Waals surface area contributed by atoms with Crippen LogP contribution in [0.5, 0.6) is 0 Å². The third kappa shape index (κ3) is 3.39. The first-order valence-corrected chi connectivity index (χ1v) is 6.93. The van der Waals surface area contributed by atoms with E-state index in [-0.39, 0.29) is 11.9 Å². The van der Waals surface area contributed by atoms with Gasteiger partial charge in [0.15, 0.2) is 0 Å². The number of amides is 1. The maximum Gasteiger partial charge on any atom is 0.217 e. The Morgan fingerprint density at radius 1 is 1.53 bits per heavy atom. The van der Waals surface area contributed by atoms with Crippen molar-refractivity contribution in [2.24, 2.45) is 0 Å². The zero-order valence-corrected chi connectivity index (χ0v) is 12.1. The minimum atomic E-state index is 0.0355. The Bertz CT molecular complexity index is 464. The Hall–Kier alpha value is -1.26. The van der Waals surface area contributed by atoms with E-state index in [9.17, 15) is 4.79 Å². The van der Waals surface area contributed by atoms with Crippen molar-refractivity contribution < 1.29 is 4.79 Å². The second-order valence-corrected chi connectivity index (χ2v) is 5.31. The van der Waals surface area contributed by atoms with Gasteiger partial charge in [-0.3, -0.25) is 4.79 Å². The minimum absolute atomic E-state index is 0.0355. The van der Waals surface area contributed by atoms with E-state index in [1.54, 1.807) is 6.92 Å². The van der Waals surface area contributed by atoms with Gasteiger partial charge in [0.2, 0.25) is 5.91 Å². The third-order valence-electron chi connectivity index (χ3n) is 3.38. The summed E-state index contributed by atoms with van der Waals surface area (Å²) in [6.07, 6.45) is 0.977. The first-order chi connectivity index (χ1) is 9.11. The number of hydrogen-bond donors (Lipinski definition) is 2. The molecule has 1 aromatic rings. The number of carbonyl (C=O) groups excluding carboxylic acids is 1. The second kappa shape index (κ2) is 6.26. The SMILES string of the molecule is CNCc1c(Cl)cccc1N1CCC(NC(C)=O)C1. The zero-order valence-electron chi connectivity index (χ0n) is 11.4. The molecule has 1 unspecified atom stereocenters. The van der Waals surface area contributed by atoms with Gasteiger partial charge in [0.1, 0.15) is 0 Å². The monoisotopic (exact) mass is 281 g/mol. The lowest BCUT2D eigenvalue weighted by molar-refractivity contribution is -0.119. The number of benzene rings is 1. The van der Waals surface area contributed by atoms with Crippen molar-refractivity contribution in [3.8, 4) is 0 Å². The maximum absolute atomic E-state index is 11.1. The molecule has 0 radical (unpaired) electrons. The molecule has 2 rings (SSSR count). The quantitative estimate of drug-likeness (QED) is 0.884. The summed E-state index contributed by atoms with van der Waals surface area (Å²) in [4.78, 5) is 13.4. The van der Waals surface area contributed by atoms with E-state index in [4.69, 9.17) is 11.6 Å². The van der Waals surface area contributed by atoms with Crippen LogP contribution < -0.4 is 15.5 Å². The fraction of sp³-hybridized carbons (Fsp3) is 0.500. The number of nitrogens with one attached hydrogen (secondary N) is 2. The van der Waals surface area contributed by atoms with Crippen molar-refractivity contribution in [3.63, 3.8) is 0 Å². The van der Waals surface area contributed by atoms with Crippen LogP contribution in [0.1, 0.15) is 18.9 Å². The summed E-state index contributed by atoms with van der Waals surface area (Å²) >= 11 is 6.27. The average molecular weight is 282 g/mol. The lowest BCUT2D eigenvalue weighted by Crippen LogP contribution is -2.35. The predicted molar refractivity (Wildman–Crippen MR) is 78.7 cm³/mol. The third-order valence-corrected chi connectivity index (χ3v) is 3.74. The number of hydrogen-bond acceptors (Lipinski definition) is 3. The molecule has 5 heteroatoms. The van der Waals surface area contributed by atoms with E-state index < -0.39 is 0 Å². The van der Waals surface area contributed by atoms with Crippen LogP contribution in [-0.2, 0) is 11.3 Å². The maximum atomic E-state index is 11.1. The van der Waals surface area contributed by atoms with Gasteiger partial charge < -0.3 is 15.5 Å². The van der Waals surface area contributed by atoms with E-state index in [1.807, 2.05) is 19.2 Å². The summed E-state index contributed by atoms with van der Waals surface area (Å²) in [5.74, 6) is 0.0355. The Morgan fingerprint density at radius 3 is 3.00 bits per heavy atom. The standard InChI is InChI=1S/C14H20ClN3O/c1-10(19)17-11-6-7-18(9-11)14-5-3-4-13(15)12(14)8-16-2/h3-5,11,16H,6-9H2,1-2H3,(H,17,19). The molecule has 1 heterocycles. The molecule has 0 aromatic heterocycles. The first kappa shape index (κ1) is 14.2. The highest BCUT2D eigenvalue weighted by Crippen LogP contribution is 2.29. The molecule has 1 saturated heterocycles. The normalized spacial score (nSPS) is 18.7. The highest BCUT2D eigenvalue weighted by molar-refractivity contribution is 6.31. The van der Waals surface area contributed by atoms with Crippen LogP contribution in [0.25, 0.3) is 0 Å². The van der Waals surface area contributed by atoms with Gasteiger partial charge in [-0.25, -0.2) is 0 Å². The molecule has 1 aliphatic rings. The first-order valence-electron chi connectivity index (χ1n) is 6.56. The summed E-state index contributed by atoms with van der Waals surface area (Å²) < 4.78 is 0. The summed E-state index contributed by atoms with van der Waals surface area (Å²) in [5.41, 5.74) is 2.28. The van der Waals surface area contributed by atoms with E-state index >= 15 is 0 Å². The topological polar surface area (TPSA) is 44.4 Å². The molecule has 0 bridgehead atoms. The largest absolute Gasteiger partial charge is 0.369 e. The second-order valence-electron chi connectivity index (χ2n) is 4.90. The van der Waals surface area contributed by atoms with Crippen LogP contribution in [0.3, 0.4) is 0 Å². The number of carbonyl (C=O) groups is 1. The minimum Gasteiger partial charge on any atom is -0.369 e. The summed E-state index contributed by atoms with van der Waals surface area (Å²) in [5, 5.41) is 6.92. The molecular formula is C14H20ClN3O. The van der Waals surface area contributed by atoms with Crippen molar-refractivity contribution >= 4 is 23.2 Å². The molecule has 1 aromatic carbocycles. The smallest absolute Gasteiger partial charge is 0.217 e. The van der Waals surface area contributed by atoms with E-state index in [0.29, 0.717) is 0 Å². The van der Waals surface area contributed by atoms with Gasteiger partial charge in [0.05, 0.1) is 0 Å². The zero-order chi connectivity index (χ0) is 13.8. The molecule has 0 spiro atoms. The highest BCUT2D eigenvalue weighted by Gasteiger charge is 2.25. The Labute approximate surface area is 119 Å². The van der Waals surface area contributed by atoms with Gasteiger partial charge in [0.25, 0.3) is 0 Å². The number of rotatable bonds is 4. The fourth-order valence-corrected chi connectivity index (χ4v) is 2.82. The molecule has 2 N–H and O–H groups in total. The van der Waals surface area contributed by atoms with E-state index in [2.05, 4.69) is 21.6 Å². The summed E-state index contributed by atoms with van der Waals surface area (Å²) in [6.45, 7) is 4.10. The van der Waals surface area contributed by atoms with Gasteiger partial charge in [0, 0.05) is 48.9 Å². The molecule has 0 saturated carbocycles. The van der Waals surface area contributed by atoms with Crippen LogP contribution in [0.15, 0.2) is 18.2 Å². The van der Waals surface area contributed by atoms with Gasteiger partial charge in [-0.2, -0.15) is 0 Å². The molecule has 1 fully saturated rings. The average Bonchev–Trinajstić information content (AvgIpc) is 2.79. The number of anilines is 1. The molecule has 104 valence electrons. The number of halogens is 1. The van der Waals surface area contributed by atoms with Gasteiger partial charge in [-0.15, -0.1) is 0 Å². The molecule has 19 heavy (non-hydrogen) atoms. The van der Waals surface area contributed by atoms with Gasteiger partial charge in [-0.1, -0.05) is 17.7 Å². The Balaban J connectivity index is 2.14. The van der Waals surface area contributed by atoms with E-state index in [1.165, 1.54) is 0 Å². The highest BCUT2D eigenvalue weighted by atomic mass is 35.5. The molecule has 1 aliphatic heterocycles. The van der Waals surface area contributed by atoms with Gasteiger partial charge in [-0.05, 0) is 25.6 Å². The summed E-state index contributed by atoms with van der Waals surface area (Å²) in [7, 11) is 1.91. The lowest BCUT2D eigenvalue weighted by Gasteiger charge is -2.23. The fourth-order valence-electron chi connectivity index (χ4n) is 2.58. The van der Waals surface area contributed by atoms with Crippen molar-refractivity contribution in [1.29, 1.82) is 0 Å². The number of nitrogens with zero attached hydrogens (tertiary/aromatic N) is 1. The molecule has 0 aliphatic carbocycles. The van der Waals surface area contributed by atoms with Crippen LogP contribution in [0, 0.1) is 0 Å². The molecule has 1 amide bonds. The van der Waals surface area contributed by atoms with Crippen molar-refractivity contribution in [2.75, 3.05) is 25.0 Å². The molecule has 1 atom stereocenters. The molecular weight excluding hydrogens is 262 g/mol. The van der Waals surface area contributed by atoms with Crippen LogP contribution in [0.4, 0.5) is 5.69 Å². The lowest BCUT2D eigenvalue weighted by atomic mass is 10.1. The van der Waals surface area contributed by atoms with Crippen molar-refractivity contribution in [2.45, 2.75) is 25.9 Å². The van der Waals surface area contributed by atoms with Crippen LogP contribution >= 0.6 is 11.6 Å². The predicted octanol–water partition coefficient (Wildman–Crippen LogP) is 1.77. The van der Waals surface area contributed by atoms with Crippen molar-refractivity contribution in [3.05, 3.63) is 28.8 Å². The van der Waals surface area contributed by atoms with Crippen molar-refractivity contribution in [1.82, 2.24) is 10.6 Å². The van der Waals surface area contributed by atoms with Crippen LogP contribution in [0.2, 0.25) is 5.02 Å². The summed E-state index contributed by atoms with van der Waals surface area (Å²) in [6, 6.07) is 6.22. The Kier molecular flexibility index (Phi) is 4.66. The molecule has 4 nitrogen and oxygen atoms in total. The van der Waals surface area contributed by atoms with Gasteiger partial charge >= 0.3 is 0 Å². The van der Waals surface area contributed by atoms with E-state index in [0.717, 1.165) is 42.3 Å². The Morgan fingerprint density at radius 2 is 2.32 bits per heavy atom.